The first-order valence-corrected chi connectivity index (χ1v) is 6.64. The number of carbonyl (C=O) groups is 1. The zero-order valence-electron chi connectivity index (χ0n) is 11.1. The number of amides is 2. The SMILES string of the molecule is CNC(=O)NSCCN(C)c1nc(C)cnc1C. The molecule has 0 aliphatic carbocycles. The third kappa shape index (κ3) is 4.40. The van der Waals surface area contributed by atoms with Gasteiger partial charge in [0.2, 0.25) is 0 Å². The minimum absolute atomic E-state index is 0.186. The Balaban J connectivity index is 2.43. The molecule has 6 nitrogen and oxygen atoms in total. The van der Waals surface area contributed by atoms with E-state index in [1.54, 1.807) is 13.2 Å². The summed E-state index contributed by atoms with van der Waals surface area (Å²) >= 11 is 1.37. The normalized spacial score (nSPS) is 10.0. The highest BCUT2D eigenvalue weighted by atomic mass is 32.2. The van der Waals surface area contributed by atoms with Crippen molar-refractivity contribution in [3.05, 3.63) is 17.6 Å². The van der Waals surface area contributed by atoms with Crippen LogP contribution in [-0.2, 0) is 0 Å². The van der Waals surface area contributed by atoms with E-state index in [-0.39, 0.29) is 6.03 Å². The van der Waals surface area contributed by atoms with Gasteiger partial charge in [-0.25, -0.2) is 9.78 Å². The minimum Gasteiger partial charge on any atom is -0.357 e. The summed E-state index contributed by atoms with van der Waals surface area (Å²) in [4.78, 5) is 21.7. The predicted octanol–water partition coefficient (Wildman–Crippen LogP) is 1.11. The molecule has 0 aliphatic rings. The maximum Gasteiger partial charge on any atom is 0.324 e. The van der Waals surface area contributed by atoms with Gasteiger partial charge in [-0.2, -0.15) is 0 Å². The quantitative estimate of drug-likeness (QED) is 0.619. The summed E-state index contributed by atoms with van der Waals surface area (Å²) in [5.74, 6) is 1.66. The highest BCUT2D eigenvalue weighted by molar-refractivity contribution is 7.97. The highest BCUT2D eigenvalue weighted by Crippen LogP contribution is 2.13. The number of aromatic nitrogens is 2. The van der Waals surface area contributed by atoms with Crippen LogP contribution in [0.25, 0.3) is 0 Å². The molecule has 100 valence electrons. The molecule has 1 aromatic heterocycles. The number of rotatable bonds is 5. The average Bonchev–Trinajstić information content (AvgIpc) is 2.36. The molecule has 0 aromatic carbocycles. The second-order valence-corrected chi connectivity index (χ2v) is 4.77. The Morgan fingerprint density at radius 2 is 2.22 bits per heavy atom. The number of anilines is 1. The molecule has 1 heterocycles. The maximum atomic E-state index is 10.9. The van der Waals surface area contributed by atoms with Crippen LogP contribution >= 0.6 is 11.9 Å². The third-order valence-electron chi connectivity index (χ3n) is 2.33. The monoisotopic (exact) mass is 269 g/mol. The molecule has 0 atom stereocenters. The summed E-state index contributed by atoms with van der Waals surface area (Å²) in [6.45, 7) is 4.65. The predicted molar refractivity (Wildman–Crippen MR) is 74.8 cm³/mol. The number of hydrogen-bond donors (Lipinski definition) is 2. The second-order valence-electron chi connectivity index (χ2n) is 3.87. The van der Waals surface area contributed by atoms with E-state index in [1.165, 1.54) is 11.9 Å². The summed E-state index contributed by atoms with van der Waals surface area (Å²) < 4.78 is 2.67. The fourth-order valence-electron chi connectivity index (χ4n) is 1.34. The molecule has 0 unspecified atom stereocenters. The van der Waals surface area contributed by atoms with Crippen LogP contribution in [0.3, 0.4) is 0 Å². The van der Waals surface area contributed by atoms with E-state index >= 15 is 0 Å². The van der Waals surface area contributed by atoms with Crippen LogP contribution < -0.4 is 14.9 Å². The Kier molecular flexibility index (Phi) is 5.70. The van der Waals surface area contributed by atoms with Crippen LogP contribution in [0.1, 0.15) is 11.4 Å². The van der Waals surface area contributed by atoms with Crippen molar-refractivity contribution in [1.82, 2.24) is 20.0 Å². The highest BCUT2D eigenvalue weighted by Gasteiger charge is 2.07. The Hall–Kier alpha value is -1.50. The lowest BCUT2D eigenvalue weighted by atomic mass is 10.4. The van der Waals surface area contributed by atoms with Crippen molar-refractivity contribution >= 4 is 23.8 Å². The fraction of sp³-hybridized carbons (Fsp3) is 0.545. The van der Waals surface area contributed by atoms with Gasteiger partial charge in [0.15, 0.2) is 0 Å². The molecule has 0 spiro atoms. The molecule has 0 fully saturated rings. The van der Waals surface area contributed by atoms with Crippen molar-refractivity contribution in [3.63, 3.8) is 0 Å². The summed E-state index contributed by atoms with van der Waals surface area (Å²) in [6.07, 6.45) is 1.76. The van der Waals surface area contributed by atoms with Crippen molar-refractivity contribution in [2.45, 2.75) is 13.8 Å². The van der Waals surface area contributed by atoms with Crippen LogP contribution in [0.4, 0.5) is 10.6 Å². The van der Waals surface area contributed by atoms with Gasteiger partial charge in [-0.1, -0.05) is 0 Å². The van der Waals surface area contributed by atoms with Gasteiger partial charge < -0.3 is 10.2 Å². The smallest absolute Gasteiger partial charge is 0.324 e. The number of hydrogen-bond acceptors (Lipinski definition) is 5. The van der Waals surface area contributed by atoms with E-state index in [4.69, 9.17) is 0 Å². The minimum atomic E-state index is -0.186. The van der Waals surface area contributed by atoms with Crippen LogP contribution in [0.2, 0.25) is 0 Å². The van der Waals surface area contributed by atoms with Gasteiger partial charge in [0.05, 0.1) is 11.4 Å². The van der Waals surface area contributed by atoms with Gasteiger partial charge in [-0.15, -0.1) is 0 Å². The largest absolute Gasteiger partial charge is 0.357 e. The van der Waals surface area contributed by atoms with Gasteiger partial charge >= 0.3 is 6.03 Å². The Morgan fingerprint density at radius 3 is 2.89 bits per heavy atom. The van der Waals surface area contributed by atoms with Crippen LogP contribution in [0.15, 0.2) is 6.20 Å². The van der Waals surface area contributed by atoms with E-state index in [9.17, 15) is 4.79 Å². The van der Waals surface area contributed by atoms with Crippen molar-refractivity contribution in [2.24, 2.45) is 0 Å². The van der Waals surface area contributed by atoms with Gasteiger partial charge in [-0.05, 0) is 25.8 Å². The fourth-order valence-corrected chi connectivity index (χ4v) is 2.04. The van der Waals surface area contributed by atoms with Crippen molar-refractivity contribution in [1.29, 1.82) is 0 Å². The number of nitrogens with one attached hydrogen (secondary N) is 2. The summed E-state index contributed by atoms with van der Waals surface area (Å²) in [6, 6.07) is -0.186. The molecule has 18 heavy (non-hydrogen) atoms. The van der Waals surface area contributed by atoms with E-state index in [0.29, 0.717) is 0 Å². The molecule has 0 bridgehead atoms. The standard InChI is InChI=1S/C11H19N5OS/c1-8-7-13-9(2)10(14-8)16(4)5-6-18-15-11(17)12-3/h7H,5-6H2,1-4H3,(H2,12,15,17). The van der Waals surface area contributed by atoms with Crippen molar-refractivity contribution < 1.29 is 4.79 Å². The second kappa shape index (κ2) is 7.05. The number of nitrogens with zero attached hydrogens (tertiary/aromatic N) is 3. The molecular weight excluding hydrogens is 250 g/mol. The molecule has 2 N–H and O–H groups in total. The van der Waals surface area contributed by atoms with Crippen molar-refractivity contribution in [3.8, 4) is 0 Å². The Morgan fingerprint density at radius 1 is 1.50 bits per heavy atom. The Labute approximate surface area is 112 Å². The lowest BCUT2D eigenvalue weighted by Crippen LogP contribution is -2.29. The molecule has 0 aliphatic heterocycles. The molecule has 0 radical (unpaired) electrons. The number of urea groups is 1. The summed E-state index contributed by atoms with van der Waals surface area (Å²) in [5.41, 5.74) is 1.81. The van der Waals surface area contributed by atoms with E-state index in [0.717, 1.165) is 29.5 Å². The lowest BCUT2D eigenvalue weighted by Gasteiger charge is -2.19. The number of carbonyl (C=O) groups excluding carboxylic acids is 1. The summed E-state index contributed by atoms with van der Waals surface area (Å²) in [5, 5.41) is 2.49. The molecule has 2 amide bonds. The maximum absolute atomic E-state index is 10.9. The van der Waals surface area contributed by atoms with E-state index in [1.807, 2.05) is 25.8 Å². The third-order valence-corrected chi connectivity index (χ3v) is 3.05. The summed E-state index contributed by atoms with van der Waals surface area (Å²) in [7, 11) is 3.56. The molecule has 7 heteroatoms. The molecule has 0 saturated carbocycles. The average molecular weight is 269 g/mol. The Bertz CT molecular complexity index is 412. The van der Waals surface area contributed by atoms with Crippen LogP contribution in [0, 0.1) is 13.8 Å². The molecule has 1 rings (SSSR count). The zero-order valence-corrected chi connectivity index (χ0v) is 12.0. The molecule has 1 aromatic rings. The molecular formula is C11H19N5OS. The van der Waals surface area contributed by atoms with E-state index < -0.39 is 0 Å². The topological polar surface area (TPSA) is 70.2 Å². The van der Waals surface area contributed by atoms with E-state index in [2.05, 4.69) is 20.0 Å². The van der Waals surface area contributed by atoms with Crippen molar-refractivity contribution in [2.75, 3.05) is 31.3 Å². The van der Waals surface area contributed by atoms with Crippen LogP contribution in [0.5, 0.6) is 0 Å². The number of aryl methyl sites for hydroxylation is 2. The van der Waals surface area contributed by atoms with Gasteiger partial charge in [-0.3, -0.25) is 9.71 Å². The first-order chi connectivity index (χ1) is 8.54. The first kappa shape index (κ1) is 14.6. The van der Waals surface area contributed by atoms with Gasteiger partial charge in [0.1, 0.15) is 5.82 Å². The first-order valence-electron chi connectivity index (χ1n) is 5.65. The van der Waals surface area contributed by atoms with Gasteiger partial charge in [0, 0.05) is 32.6 Å². The molecule has 0 saturated heterocycles. The lowest BCUT2D eigenvalue weighted by molar-refractivity contribution is 0.248. The van der Waals surface area contributed by atoms with Crippen LogP contribution in [-0.4, -0.2) is 42.4 Å². The zero-order chi connectivity index (χ0) is 13.5. The van der Waals surface area contributed by atoms with Gasteiger partial charge in [0.25, 0.3) is 0 Å².